The molecule has 0 aliphatic carbocycles. The highest BCUT2D eigenvalue weighted by atomic mass is 16.3. The van der Waals surface area contributed by atoms with Crippen LogP contribution in [0.3, 0.4) is 0 Å². The number of amidine groups is 1. The molecule has 23 heavy (non-hydrogen) atoms. The van der Waals surface area contributed by atoms with E-state index in [1.807, 2.05) is 30.3 Å². The summed E-state index contributed by atoms with van der Waals surface area (Å²) in [4.78, 5) is 6.83. The van der Waals surface area contributed by atoms with Gasteiger partial charge in [0.15, 0.2) is 5.72 Å². The maximum absolute atomic E-state index is 11.9. The largest absolute Gasteiger partial charge is 0.363 e. The molecule has 3 nitrogen and oxygen atoms in total. The second-order valence-electron chi connectivity index (χ2n) is 6.34. The lowest BCUT2D eigenvalue weighted by Crippen LogP contribution is -2.47. The summed E-state index contributed by atoms with van der Waals surface area (Å²) in [5, 5.41) is 11.9. The molecule has 0 saturated carbocycles. The van der Waals surface area contributed by atoms with Crippen LogP contribution in [0.1, 0.15) is 42.0 Å². The fraction of sp³-hybridized carbons (Fsp3) is 0.350. The number of rotatable bonds is 3. The highest BCUT2D eigenvalue weighted by Crippen LogP contribution is 2.45. The number of fused-ring (bicyclic) bond motifs is 3. The third kappa shape index (κ3) is 2.03. The minimum Gasteiger partial charge on any atom is -0.363 e. The smallest absolute Gasteiger partial charge is 0.193 e. The Morgan fingerprint density at radius 2 is 1.96 bits per heavy atom. The molecule has 0 fully saturated rings. The fourth-order valence-corrected chi connectivity index (χ4v) is 3.93. The molecule has 0 bridgehead atoms. The van der Waals surface area contributed by atoms with Crippen molar-refractivity contribution < 1.29 is 5.11 Å². The molecule has 2 aliphatic heterocycles. The van der Waals surface area contributed by atoms with Crippen LogP contribution >= 0.6 is 0 Å². The van der Waals surface area contributed by atoms with Crippen LogP contribution in [0.2, 0.25) is 0 Å². The van der Waals surface area contributed by atoms with Crippen LogP contribution in [0, 0.1) is 0 Å². The van der Waals surface area contributed by atoms with Gasteiger partial charge >= 0.3 is 0 Å². The zero-order valence-corrected chi connectivity index (χ0v) is 13.5. The molecular weight excluding hydrogens is 284 g/mol. The van der Waals surface area contributed by atoms with Gasteiger partial charge in [0.25, 0.3) is 0 Å². The van der Waals surface area contributed by atoms with Gasteiger partial charge in [-0.25, -0.2) is 0 Å². The molecule has 0 radical (unpaired) electrons. The van der Waals surface area contributed by atoms with E-state index in [9.17, 15) is 5.11 Å². The summed E-state index contributed by atoms with van der Waals surface area (Å²) >= 11 is 0. The second kappa shape index (κ2) is 5.50. The molecular formula is C20H22N2O. The van der Waals surface area contributed by atoms with Crippen LogP contribution in [0.4, 0.5) is 0 Å². The van der Waals surface area contributed by atoms with Crippen LogP contribution < -0.4 is 0 Å². The van der Waals surface area contributed by atoms with Gasteiger partial charge in [0.05, 0.1) is 0 Å². The van der Waals surface area contributed by atoms with E-state index in [2.05, 4.69) is 30.0 Å². The maximum Gasteiger partial charge on any atom is 0.193 e. The van der Waals surface area contributed by atoms with Crippen LogP contribution in [0.25, 0.3) is 0 Å². The van der Waals surface area contributed by atoms with Gasteiger partial charge in [-0.2, -0.15) is 0 Å². The minimum atomic E-state index is -1.10. The molecule has 3 heteroatoms. The fourth-order valence-electron chi connectivity index (χ4n) is 3.93. The maximum atomic E-state index is 11.9. The van der Waals surface area contributed by atoms with Gasteiger partial charge in [-0.05, 0) is 18.4 Å². The Bertz CT molecular complexity index is 753. The molecule has 1 unspecified atom stereocenters. The lowest BCUT2D eigenvalue weighted by molar-refractivity contribution is -0.0324. The molecule has 0 aromatic heterocycles. The molecule has 0 spiro atoms. The number of aryl methyl sites for hydroxylation is 1. The van der Waals surface area contributed by atoms with E-state index in [1.54, 1.807) is 0 Å². The van der Waals surface area contributed by atoms with Gasteiger partial charge in [-0.15, -0.1) is 0 Å². The number of benzene rings is 2. The third-order valence-electron chi connectivity index (χ3n) is 4.88. The zero-order valence-electron chi connectivity index (χ0n) is 13.5. The van der Waals surface area contributed by atoms with E-state index in [4.69, 9.17) is 4.99 Å². The lowest BCUT2D eigenvalue weighted by atomic mass is 9.88. The quantitative estimate of drug-likeness (QED) is 0.944. The van der Waals surface area contributed by atoms with Crippen molar-refractivity contribution in [3.63, 3.8) is 0 Å². The van der Waals surface area contributed by atoms with Crippen molar-refractivity contribution in [1.29, 1.82) is 0 Å². The lowest BCUT2D eigenvalue weighted by Gasteiger charge is -2.38. The molecule has 0 amide bonds. The standard InChI is InChI=1S/C20H22N2O/c1-2-8-15-9-6-12-17-18(15)20(23,16-10-4-3-5-11-16)22-14-7-13-21-19(17)22/h3-6,9-12,23H,2,7-8,13-14H2,1H3. The Morgan fingerprint density at radius 3 is 2.74 bits per heavy atom. The number of aliphatic hydroxyl groups is 1. The minimum absolute atomic E-state index is 0.838. The summed E-state index contributed by atoms with van der Waals surface area (Å²) in [6.45, 7) is 3.86. The summed E-state index contributed by atoms with van der Waals surface area (Å²) in [6, 6.07) is 16.4. The molecule has 2 aromatic rings. The predicted octanol–water partition coefficient (Wildman–Crippen LogP) is 3.30. The summed E-state index contributed by atoms with van der Waals surface area (Å²) in [5.74, 6) is 0.954. The van der Waals surface area contributed by atoms with Gasteiger partial charge in [0, 0.05) is 29.8 Å². The van der Waals surface area contributed by atoms with E-state index >= 15 is 0 Å². The highest BCUT2D eigenvalue weighted by molar-refractivity contribution is 6.05. The molecule has 118 valence electrons. The Hall–Kier alpha value is -2.13. The Kier molecular flexibility index (Phi) is 3.46. The topological polar surface area (TPSA) is 35.8 Å². The molecule has 1 N–H and O–H groups in total. The average Bonchev–Trinajstić information content (AvgIpc) is 2.88. The monoisotopic (exact) mass is 306 g/mol. The first-order valence-electron chi connectivity index (χ1n) is 8.49. The van der Waals surface area contributed by atoms with E-state index in [-0.39, 0.29) is 0 Å². The Labute approximate surface area is 137 Å². The Morgan fingerprint density at radius 1 is 1.13 bits per heavy atom. The Balaban J connectivity index is 2.00. The van der Waals surface area contributed by atoms with Crippen LogP contribution in [-0.2, 0) is 12.1 Å². The van der Waals surface area contributed by atoms with Gasteiger partial charge in [-0.3, -0.25) is 4.99 Å². The summed E-state index contributed by atoms with van der Waals surface area (Å²) in [7, 11) is 0. The predicted molar refractivity (Wildman–Crippen MR) is 92.6 cm³/mol. The summed E-state index contributed by atoms with van der Waals surface area (Å²) in [5.41, 5.74) is 3.20. The van der Waals surface area contributed by atoms with Crippen molar-refractivity contribution in [3.8, 4) is 0 Å². The first-order valence-corrected chi connectivity index (χ1v) is 8.49. The SMILES string of the molecule is CCCc1cccc2c1C(O)(c1ccccc1)N1CCCN=C21. The number of hydrogen-bond acceptors (Lipinski definition) is 3. The number of nitrogens with zero attached hydrogens (tertiary/aromatic N) is 2. The molecule has 1 atom stereocenters. The van der Waals surface area contributed by atoms with E-state index in [1.165, 1.54) is 5.56 Å². The summed E-state index contributed by atoms with van der Waals surface area (Å²) < 4.78 is 0. The molecule has 2 aliphatic rings. The van der Waals surface area contributed by atoms with Gasteiger partial charge in [0.2, 0.25) is 0 Å². The number of aliphatic imine (C=N–C) groups is 1. The summed E-state index contributed by atoms with van der Waals surface area (Å²) in [6.07, 6.45) is 3.02. The molecule has 4 rings (SSSR count). The van der Waals surface area contributed by atoms with Crippen molar-refractivity contribution in [2.75, 3.05) is 13.1 Å². The first kappa shape index (κ1) is 14.5. The van der Waals surface area contributed by atoms with Crippen LogP contribution in [0.15, 0.2) is 53.5 Å². The van der Waals surface area contributed by atoms with Crippen molar-refractivity contribution in [2.45, 2.75) is 31.9 Å². The molecule has 2 aromatic carbocycles. The van der Waals surface area contributed by atoms with Gasteiger partial charge in [-0.1, -0.05) is 61.9 Å². The van der Waals surface area contributed by atoms with E-state index < -0.39 is 5.72 Å². The van der Waals surface area contributed by atoms with Crippen LogP contribution in [0.5, 0.6) is 0 Å². The van der Waals surface area contributed by atoms with Gasteiger partial charge in [0.1, 0.15) is 5.84 Å². The first-order chi connectivity index (χ1) is 11.3. The van der Waals surface area contributed by atoms with Crippen molar-refractivity contribution in [1.82, 2.24) is 4.90 Å². The van der Waals surface area contributed by atoms with Crippen molar-refractivity contribution in [3.05, 3.63) is 70.8 Å². The van der Waals surface area contributed by atoms with Gasteiger partial charge < -0.3 is 10.0 Å². The highest BCUT2D eigenvalue weighted by Gasteiger charge is 2.49. The van der Waals surface area contributed by atoms with E-state index in [0.29, 0.717) is 0 Å². The molecule has 2 heterocycles. The third-order valence-corrected chi connectivity index (χ3v) is 4.88. The van der Waals surface area contributed by atoms with Crippen molar-refractivity contribution >= 4 is 5.84 Å². The molecule has 0 saturated heterocycles. The van der Waals surface area contributed by atoms with Crippen molar-refractivity contribution in [2.24, 2.45) is 4.99 Å². The van der Waals surface area contributed by atoms with E-state index in [0.717, 1.165) is 54.9 Å². The zero-order chi connectivity index (χ0) is 15.9. The normalized spacial score (nSPS) is 22.5. The average molecular weight is 306 g/mol. The number of hydrogen-bond donors (Lipinski definition) is 1. The second-order valence-corrected chi connectivity index (χ2v) is 6.34. The van der Waals surface area contributed by atoms with Crippen LogP contribution in [-0.4, -0.2) is 28.9 Å².